The van der Waals surface area contributed by atoms with E-state index in [0.717, 1.165) is 12.3 Å². The standard InChI is InChI=1S/C32H38/c1-23(30-18-24(2)32-13-6-5-12-29(32)22-30)14-15-27-20-28-17-16-26(19-31(28)21-27)11-7-10-25-8-3-4-9-25/h5-6,12-13,16-23,25,31-32H,2-4,7-11,14-15H2,1H3. The van der Waals surface area contributed by atoms with Gasteiger partial charge in [0.2, 0.25) is 0 Å². The van der Waals surface area contributed by atoms with Gasteiger partial charge in [0.05, 0.1) is 0 Å². The fourth-order valence-electron chi connectivity index (χ4n) is 6.10. The van der Waals surface area contributed by atoms with Gasteiger partial charge in [-0.15, -0.1) is 0 Å². The van der Waals surface area contributed by atoms with Crippen molar-refractivity contribution in [2.75, 3.05) is 0 Å². The monoisotopic (exact) mass is 422 g/mol. The molecule has 3 atom stereocenters. The first-order valence-corrected chi connectivity index (χ1v) is 12.9. The van der Waals surface area contributed by atoms with Crippen LogP contribution in [0.5, 0.6) is 0 Å². The van der Waals surface area contributed by atoms with Crippen LogP contribution in [0.15, 0.2) is 107 Å². The van der Waals surface area contributed by atoms with Gasteiger partial charge >= 0.3 is 0 Å². The molecule has 0 saturated heterocycles. The topological polar surface area (TPSA) is 0 Å². The summed E-state index contributed by atoms with van der Waals surface area (Å²) in [6.45, 7) is 6.70. The molecule has 0 spiro atoms. The predicted octanol–water partition coefficient (Wildman–Crippen LogP) is 8.91. The van der Waals surface area contributed by atoms with E-state index in [-0.39, 0.29) is 0 Å². The van der Waals surface area contributed by atoms with E-state index in [1.165, 1.54) is 79.2 Å². The van der Waals surface area contributed by atoms with Crippen molar-refractivity contribution >= 4 is 0 Å². The van der Waals surface area contributed by atoms with Crippen LogP contribution < -0.4 is 0 Å². The van der Waals surface area contributed by atoms with E-state index >= 15 is 0 Å². The SMILES string of the molecule is C=C1C=C(C(C)CCC2=CC3C=C(CCCC4CCCC4)C=CC3=C2)C=C2C=CC=CC12. The summed E-state index contributed by atoms with van der Waals surface area (Å²) in [4.78, 5) is 0. The molecule has 5 aliphatic carbocycles. The van der Waals surface area contributed by atoms with Crippen LogP contribution >= 0.6 is 0 Å². The van der Waals surface area contributed by atoms with E-state index in [2.05, 4.69) is 80.3 Å². The molecule has 5 rings (SSSR count). The minimum absolute atomic E-state index is 0.382. The molecule has 0 heterocycles. The van der Waals surface area contributed by atoms with E-state index < -0.39 is 0 Å². The molecule has 5 aliphatic rings. The van der Waals surface area contributed by atoms with Crippen LogP contribution in [-0.2, 0) is 0 Å². The molecule has 0 heteroatoms. The third-order valence-corrected chi connectivity index (χ3v) is 8.15. The predicted molar refractivity (Wildman–Crippen MR) is 138 cm³/mol. The molecule has 0 aromatic heterocycles. The molecular formula is C32H38. The van der Waals surface area contributed by atoms with Crippen molar-refractivity contribution in [3.63, 3.8) is 0 Å². The molecule has 166 valence electrons. The summed E-state index contributed by atoms with van der Waals surface area (Å²) in [6, 6.07) is 0. The molecule has 3 unspecified atom stereocenters. The van der Waals surface area contributed by atoms with Crippen molar-refractivity contribution < 1.29 is 0 Å². The van der Waals surface area contributed by atoms with Crippen LogP contribution in [0.1, 0.15) is 64.7 Å². The summed E-state index contributed by atoms with van der Waals surface area (Å²) in [5.74, 6) is 2.47. The van der Waals surface area contributed by atoms with Crippen molar-refractivity contribution in [2.45, 2.75) is 64.7 Å². The Morgan fingerprint density at radius 1 is 0.906 bits per heavy atom. The zero-order chi connectivity index (χ0) is 21.9. The molecular weight excluding hydrogens is 384 g/mol. The third-order valence-electron chi connectivity index (χ3n) is 8.15. The van der Waals surface area contributed by atoms with Gasteiger partial charge in [-0.05, 0) is 59.8 Å². The van der Waals surface area contributed by atoms with Gasteiger partial charge in [-0.2, -0.15) is 0 Å². The molecule has 0 aromatic rings. The van der Waals surface area contributed by atoms with Gasteiger partial charge in [0, 0.05) is 11.8 Å². The average Bonchev–Trinajstić information content (AvgIpc) is 3.47. The highest BCUT2D eigenvalue weighted by atomic mass is 14.3. The van der Waals surface area contributed by atoms with Gasteiger partial charge in [-0.3, -0.25) is 0 Å². The molecule has 0 aromatic carbocycles. The van der Waals surface area contributed by atoms with E-state index in [0.29, 0.717) is 17.8 Å². The molecule has 0 aliphatic heterocycles. The molecule has 1 saturated carbocycles. The molecule has 0 bridgehead atoms. The van der Waals surface area contributed by atoms with E-state index in [1.807, 2.05) is 0 Å². The lowest BCUT2D eigenvalue weighted by atomic mass is 9.79. The number of hydrogen-bond donors (Lipinski definition) is 0. The van der Waals surface area contributed by atoms with Crippen molar-refractivity contribution in [1.82, 2.24) is 0 Å². The van der Waals surface area contributed by atoms with Crippen LogP contribution in [0.2, 0.25) is 0 Å². The second-order valence-corrected chi connectivity index (χ2v) is 10.6. The van der Waals surface area contributed by atoms with Gasteiger partial charge in [0.25, 0.3) is 0 Å². The van der Waals surface area contributed by atoms with Crippen molar-refractivity contribution in [3.8, 4) is 0 Å². The number of allylic oxidation sites excluding steroid dienone is 17. The van der Waals surface area contributed by atoms with Crippen LogP contribution in [0.4, 0.5) is 0 Å². The smallest absolute Gasteiger partial charge is 0.0266 e. The summed E-state index contributed by atoms with van der Waals surface area (Å²) >= 11 is 0. The lowest BCUT2D eigenvalue weighted by Crippen LogP contribution is -2.11. The Labute approximate surface area is 195 Å². The van der Waals surface area contributed by atoms with Gasteiger partial charge in [-0.1, -0.05) is 124 Å². The Kier molecular flexibility index (Phi) is 6.49. The highest BCUT2D eigenvalue weighted by molar-refractivity contribution is 5.52. The lowest BCUT2D eigenvalue weighted by Gasteiger charge is -2.26. The molecule has 0 amide bonds. The van der Waals surface area contributed by atoms with Crippen molar-refractivity contribution in [3.05, 3.63) is 107 Å². The number of rotatable bonds is 8. The first kappa shape index (κ1) is 21.5. The highest BCUT2D eigenvalue weighted by Crippen LogP contribution is 2.38. The normalized spacial score (nSPS) is 27.4. The van der Waals surface area contributed by atoms with Crippen molar-refractivity contribution in [1.29, 1.82) is 0 Å². The minimum atomic E-state index is 0.382. The fourth-order valence-corrected chi connectivity index (χ4v) is 6.10. The summed E-state index contributed by atoms with van der Waals surface area (Å²) in [5.41, 5.74) is 8.62. The van der Waals surface area contributed by atoms with Gasteiger partial charge in [0.1, 0.15) is 0 Å². The maximum absolute atomic E-state index is 4.33. The Morgan fingerprint density at radius 2 is 1.75 bits per heavy atom. The first-order valence-electron chi connectivity index (χ1n) is 12.9. The van der Waals surface area contributed by atoms with E-state index in [9.17, 15) is 0 Å². The fraction of sp³-hybridized carbons (Fsp3) is 0.438. The summed E-state index contributed by atoms with van der Waals surface area (Å²) in [7, 11) is 0. The second kappa shape index (κ2) is 9.65. The number of hydrogen-bond acceptors (Lipinski definition) is 0. The lowest BCUT2D eigenvalue weighted by molar-refractivity contribution is 0.484. The average molecular weight is 423 g/mol. The summed E-state index contributed by atoms with van der Waals surface area (Å²) < 4.78 is 0. The summed E-state index contributed by atoms with van der Waals surface area (Å²) in [6.07, 6.45) is 38.0. The quantitative estimate of drug-likeness (QED) is 0.366. The molecule has 32 heavy (non-hydrogen) atoms. The highest BCUT2D eigenvalue weighted by Gasteiger charge is 2.23. The second-order valence-electron chi connectivity index (χ2n) is 10.6. The summed E-state index contributed by atoms with van der Waals surface area (Å²) in [5, 5.41) is 0. The van der Waals surface area contributed by atoms with Crippen molar-refractivity contribution in [2.24, 2.45) is 23.7 Å². The Hall–Kier alpha value is -2.34. The van der Waals surface area contributed by atoms with Crippen LogP contribution in [-0.4, -0.2) is 0 Å². The van der Waals surface area contributed by atoms with Crippen LogP contribution in [0.3, 0.4) is 0 Å². The molecule has 0 radical (unpaired) electrons. The zero-order valence-electron chi connectivity index (χ0n) is 19.7. The Balaban J connectivity index is 1.14. The van der Waals surface area contributed by atoms with Gasteiger partial charge < -0.3 is 0 Å². The molecule has 0 N–H and O–H groups in total. The zero-order valence-corrected chi connectivity index (χ0v) is 19.7. The minimum Gasteiger partial charge on any atom is -0.0949 e. The Morgan fingerprint density at radius 3 is 2.62 bits per heavy atom. The van der Waals surface area contributed by atoms with Crippen LogP contribution in [0.25, 0.3) is 0 Å². The van der Waals surface area contributed by atoms with E-state index in [4.69, 9.17) is 0 Å². The maximum Gasteiger partial charge on any atom is 0.0266 e. The van der Waals surface area contributed by atoms with Crippen LogP contribution in [0, 0.1) is 23.7 Å². The van der Waals surface area contributed by atoms with Gasteiger partial charge in [0.15, 0.2) is 0 Å². The third kappa shape index (κ3) is 4.85. The maximum atomic E-state index is 4.33. The van der Waals surface area contributed by atoms with Gasteiger partial charge in [-0.25, -0.2) is 0 Å². The first-order chi connectivity index (χ1) is 15.7. The number of fused-ring (bicyclic) bond motifs is 2. The Bertz CT molecular complexity index is 991. The molecule has 1 fully saturated rings. The molecule has 0 nitrogen and oxygen atoms in total. The largest absolute Gasteiger partial charge is 0.0949 e. The van der Waals surface area contributed by atoms with E-state index in [1.54, 1.807) is 5.57 Å².